The normalized spacial score (nSPS) is 7.75. The molecule has 0 bridgehead atoms. The van der Waals surface area contributed by atoms with Gasteiger partial charge in [-0.15, -0.1) is 0 Å². The predicted molar refractivity (Wildman–Crippen MR) is 114 cm³/mol. The zero-order chi connectivity index (χ0) is 20.9. The van der Waals surface area contributed by atoms with Crippen molar-refractivity contribution in [1.29, 1.82) is 0 Å². The molecule has 3 rings (SSSR count). The van der Waals surface area contributed by atoms with Crippen molar-refractivity contribution in [3.63, 3.8) is 0 Å². The van der Waals surface area contributed by atoms with Crippen molar-refractivity contribution in [2.24, 2.45) is 0 Å². The standard InChI is InChI=1S/C18H15P.4CH2O.Os/c1-4-10-16(11-5-1)19(17-12-6-2-7-13-17)18-14-8-3-9-15-18;4*1-2;/h1-15H;4*1H2;. The second kappa shape index (κ2) is 22.4. The maximum absolute atomic E-state index is 8.00. The number of rotatable bonds is 3. The zero-order valence-corrected chi connectivity index (χ0v) is 18.9. The largest absolute Gasteiger partial charge is 0.307 e. The van der Waals surface area contributed by atoms with E-state index in [-0.39, 0.29) is 19.8 Å². The molecule has 0 radical (unpaired) electrons. The third-order valence-electron chi connectivity index (χ3n) is 3.04. The third kappa shape index (κ3) is 10.5. The molecule has 0 aliphatic carbocycles. The minimum Gasteiger partial charge on any atom is -0.307 e. The predicted octanol–water partition coefficient (Wildman–Crippen LogP) is 2.70. The van der Waals surface area contributed by atoms with Crippen LogP contribution in [0.3, 0.4) is 0 Å². The molecule has 0 heterocycles. The summed E-state index contributed by atoms with van der Waals surface area (Å²) in [5, 5.41) is 4.19. The van der Waals surface area contributed by atoms with Gasteiger partial charge in [0, 0.05) is 19.8 Å². The summed E-state index contributed by atoms with van der Waals surface area (Å²) in [5.74, 6) is 0. The number of benzene rings is 3. The molecule has 0 fully saturated rings. The SMILES string of the molecule is C=O.C=O.C=O.C=O.[Os].c1ccc(P(c2ccccc2)c2ccccc2)cc1. The first-order valence-electron chi connectivity index (χ1n) is 7.56. The van der Waals surface area contributed by atoms with Crippen LogP contribution in [-0.4, -0.2) is 27.2 Å². The Morgan fingerprint density at radius 3 is 0.750 bits per heavy atom. The Hall–Kier alpha value is -2.59. The Bertz CT molecular complexity index is 598. The minimum atomic E-state index is -0.446. The first-order valence-corrected chi connectivity index (χ1v) is 8.90. The van der Waals surface area contributed by atoms with Crippen LogP contribution in [0.15, 0.2) is 91.0 Å². The van der Waals surface area contributed by atoms with Gasteiger partial charge in [-0.05, 0) is 23.8 Å². The molecule has 0 N–H and O–H groups in total. The third-order valence-corrected chi connectivity index (χ3v) is 5.49. The Kier molecular flexibility index (Phi) is 24.2. The molecule has 0 saturated carbocycles. The van der Waals surface area contributed by atoms with Crippen LogP contribution in [-0.2, 0) is 39.0 Å². The molecule has 4 nitrogen and oxygen atoms in total. The van der Waals surface area contributed by atoms with Gasteiger partial charge in [0.2, 0.25) is 0 Å². The molecule has 3 aromatic carbocycles. The van der Waals surface area contributed by atoms with E-state index >= 15 is 0 Å². The van der Waals surface area contributed by atoms with Crippen LogP contribution in [0.1, 0.15) is 0 Å². The molecule has 0 saturated heterocycles. The molecule has 0 spiro atoms. The summed E-state index contributed by atoms with van der Waals surface area (Å²) < 4.78 is 0. The quantitative estimate of drug-likeness (QED) is 0.453. The van der Waals surface area contributed by atoms with Gasteiger partial charge in [0.05, 0.1) is 0 Å². The Morgan fingerprint density at radius 2 is 0.571 bits per heavy atom. The van der Waals surface area contributed by atoms with E-state index in [1.807, 2.05) is 27.2 Å². The molecule has 6 heteroatoms. The molecule has 0 atom stereocenters. The van der Waals surface area contributed by atoms with Gasteiger partial charge in [-0.2, -0.15) is 0 Å². The Morgan fingerprint density at radius 1 is 0.393 bits per heavy atom. The van der Waals surface area contributed by atoms with Crippen LogP contribution in [0.2, 0.25) is 0 Å². The van der Waals surface area contributed by atoms with Gasteiger partial charge < -0.3 is 19.2 Å². The maximum atomic E-state index is 8.00. The molecule has 0 aliphatic heterocycles. The second-order valence-corrected chi connectivity index (χ2v) is 6.56. The smallest absolute Gasteiger partial charge is 0.106 e. The van der Waals surface area contributed by atoms with Gasteiger partial charge in [0.25, 0.3) is 0 Å². The van der Waals surface area contributed by atoms with Crippen LogP contribution >= 0.6 is 7.92 Å². The molecule has 0 amide bonds. The van der Waals surface area contributed by atoms with Crippen LogP contribution < -0.4 is 15.9 Å². The van der Waals surface area contributed by atoms with Crippen molar-refractivity contribution in [3.05, 3.63) is 91.0 Å². The van der Waals surface area contributed by atoms with E-state index in [1.54, 1.807) is 0 Å². The molecule has 3 aromatic rings. The van der Waals surface area contributed by atoms with Gasteiger partial charge in [0.15, 0.2) is 0 Å². The first-order chi connectivity index (χ1) is 13.4. The van der Waals surface area contributed by atoms with E-state index in [4.69, 9.17) is 19.2 Å². The second-order valence-electron chi connectivity index (χ2n) is 4.34. The molecule has 0 aromatic heterocycles. The molecule has 148 valence electrons. The van der Waals surface area contributed by atoms with Crippen LogP contribution in [0.5, 0.6) is 0 Å². The number of carbonyl (C=O) groups excluding carboxylic acids is 4. The summed E-state index contributed by atoms with van der Waals surface area (Å²) >= 11 is 0. The monoisotopic (exact) mass is 574 g/mol. The van der Waals surface area contributed by atoms with Crippen molar-refractivity contribution < 1.29 is 39.0 Å². The number of hydrogen-bond donors (Lipinski definition) is 0. The summed E-state index contributed by atoms with van der Waals surface area (Å²) in [6, 6.07) is 32.3. The maximum Gasteiger partial charge on any atom is 0.106 e. The molecular weight excluding hydrogens is 549 g/mol. The fourth-order valence-corrected chi connectivity index (χ4v) is 4.48. The van der Waals surface area contributed by atoms with E-state index in [0.717, 1.165) is 0 Å². The van der Waals surface area contributed by atoms with Crippen molar-refractivity contribution in [2.45, 2.75) is 0 Å². The summed E-state index contributed by atoms with van der Waals surface area (Å²) in [4.78, 5) is 32.0. The average Bonchev–Trinajstić information content (AvgIpc) is 2.82. The first kappa shape index (κ1) is 30.1. The Labute approximate surface area is 180 Å². The minimum absolute atomic E-state index is 0. The van der Waals surface area contributed by atoms with E-state index in [0.29, 0.717) is 0 Å². The number of hydrogen-bond acceptors (Lipinski definition) is 4. The van der Waals surface area contributed by atoms with Gasteiger partial charge in [-0.25, -0.2) is 0 Å². The van der Waals surface area contributed by atoms with Crippen molar-refractivity contribution in [3.8, 4) is 0 Å². The number of carbonyl (C=O) groups is 4. The molecule has 0 aliphatic rings. The topological polar surface area (TPSA) is 68.3 Å². The van der Waals surface area contributed by atoms with Crippen molar-refractivity contribution in [2.75, 3.05) is 0 Å². The van der Waals surface area contributed by atoms with Gasteiger partial charge >= 0.3 is 0 Å². The zero-order valence-electron chi connectivity index (χ0n) is 15.4. The van der Waals surface area contributed by atoms with Gasteiger partial charge in [0.1, 0.15) is 27.2 Å². The summed E-state index contributed by atoms with van der Waals surface area (Å²) in [6.07, 6.45) is 0. The van der Waals surface area contributed by atoms with Crippen LogP contribution in [0.4, 0.5) is 0 Å². The Balaban J connectivity index is -0.000000622. The van der Waals surface area contributed by atoms with Crippen molar-refractivity contribution in [1.82, 2.24) is 0 Å². The summed E-state index contributed by atoms with van der Waals surface area (Å²) in [5.41, 5.74) is 0. The fourth-order valence-electron chi connectivity index (χ4n) is 2.18. The van der Waals surface area contributed by atoms with Crippen LogP contribution in [0.25, 0.3) is 0 Å². The van der Waals surface area contributed by atoms with Crippen molar-refractivity contribution >= 4 is 51.0 Å². The van der Waals surface area contributed by atoms with E-state index in [1.165, 1.54) is 15.9 Å². The fraction of sp³-hybridized carbons (Fsp3) is 0. The summed E-state index contributed by atoms with van der Waals surface area (Å²) in [6.45, 7) is 8.00. The van der Waals surface area contributed by atoms with Gasteiger partial charge in [-0.3, -0.25) is 0 Å². The molecule has 28 heavy (non-hydrogen) atoms. The molecular formula is C22H23O4OsP. The van der Waals surface area contributed by atoms with Gasteiger partial charge in [-0.1, -0.05) is 91.0 Å². The van der Waals surface area contributed by atoms with E-state index in [2.05, 4.69) is 91.0 Å². The van der Waals surface area contributed by atoms with E-state index < -0.39 is 7.92 Å². The summed E-state index contributed by atoms with van der Waals surface area (Å²) in [7, 11) is -0.446. The average molecular weight is 573 g/mol. The molecule has 0 unspecified atom stereocenters. The van der Waals surface area contributed by atoms with E-state index in [9.17, 15) is 0 Å². The van der Waals surface area contributed by atoms with Crippen LogP contribution in [0, 0.1) is 0 Å².